The van der Waals surface area contributed by atoms with Crippen LogP contribution < -0.4 is 4.72 Å². The first-order valence-electron chi connectivity index (χ1n) is 5.01. The first-order valence-corrected chi connectivity index (χ1v) is 7.57. The molecule has 0 aromatic heterocycles. The lowest BCUT2D eigenvalue weighted by molar-refractivity contribution is 0.599. The van der Waals surface area contributed by atoms with E-state index in [0.717, 1.165) is 15.7 Å². The number of halogens is 2. The Balaban J connectivity index is 2.30. The molecule has 18 heavy (non-hydrogen) atoms. The van der Waals surface area contributed by atoms with Gasteiger partial charge in [0.15, 0.2) is 0 Å². The number of sulfonamides is 1. The van der Waals surface area contributed by atoms with Crippen molar-refractivity contribution in [3.63, 3.8) is 0 Å². The van der Waals surface area contributed by atoms with E-state index in [9.17, 15) is 12.8 Å². The zero-order valence-corrected chi connectivity index (χ0v) is 12.1. The molecular formula is C12H9FINO2S. The molecule has 3 nitrogen and oxygen atoms in total. The number of nitrogens with one attached hydrogen (secondary N) is 1. The largest absolute Gasteiger partial charge is 0.280 e. The summed E-state index contributed by atoms with van der Waals surface area (Å²) in [4.78, 5) is 0.0303. The van der Waals surface area contributed by atoms with E-state index in [0.29, 0.717) is 5.69 Å². The van der Waals surface area contributed by atoms with Crippen LogP contribution in [0.1, 0.15) is 0 Å². The van der Waals surface area contributed by atoms with E-state index >= 15 is 0 Å². The van der Waals surface area contributed by atoms with Crippen molar-refractivity contribution < 1.29 is 12.8 Å². The quantitative estimate of drug-likeness (QED) is 0.835. The first-order chi connectivity index (χ1) is 8.47. The monoisotopic (exact) mass is 377 g/mol. The summed E-state index contributed by atoms with van der Waals surface area (Å²) in [6.45, 7) is 0. The second kappa shape index (κ2) is 5.23. The topological polar surface area (TPSA) is 46.2 Å². The number of hydrogen-bond acceptors (Lipinski definition) is 2. The van der Waals surface area contributed by atoms with E-state index < -0.39 is 15.8 Å². The van der Waals surface area contributed by atoms with Crippen LogP contribution in [0.4, 0.5) is 10.1 Å². The van der Waals surface area contributed by atoms with Crippen molar-refractivity contribution in [3.05, 3.63) is 57.9 Å². The minimum atomic E-state index is -3.67. The van der Waals surface area contributed by atoms with Crippen molar-refractivity contribution in [2.24, 2.45) is 0 Å². The SMILES string of the molecule is O=S(=O)(Nc1cccc(I)c1)c1ccc(F)cc1. The second-order valence-electron chi connectivity index (χ2n) is 3.57. The van der Waals surface area contributed by atoms with Crippen molar-refractivity contribution in [2.75, 3.05) is 4.72 Å². The molecule has 0 spiro atoms. The molecule has 0 aliphatic carbocycles. The van der Waals surface area contributed by atoms with Crippen molar-refractivity contribution in [2.45, 2.75) is 4.90 Å². The smallest absolute Gasteiger partial charge is 0.261 e. The molecule has 2 aromatic rings. The van der Waals surface area contributed by atoms with Crippen molar-refractivity contribution in [1.29, 1.82) is 0 Å². The van der Waals surface area contributed by atoms with Crippen LogP contribution in [0.2, 0.25) is 0 Å². The minimum Gasteiger partial charge on any atom is -0.280 e. The normalized spacial score (nSPS) is 11.2. The summed E-state index contributed by atoms with van der Waals surface area (Å²) in [7, 11) is -3.67. The minimum absolute atomic E-state index is 0.0303. The zero-order valence-electron chi connectivity index (χ0n) is 9.10. The fourth-order valence-corrected chi connectivity index (χ4v) is 2.97. The maximum absolute atomic E-state index is 12.7. The first kappa shape index (κ1) is 13.3. The lowest BCUT2D eigenvalue weighted by Gasteiger charge is -2.08. The Morgan fingerprint density at radius 1 is 1.06 bits per heavy atom. The van der Waals surface area contributed by atoms with E-state index in [4.69, 9.17) is 0 Å². The molecule has 0 aliphatic rings. The molecule has 2 rings (SSSR count). The molecule has 0 amide bonds. The second-order valence-corrected chi connectivity index (χ2v) is 6.50. The van der Waals surface area contributed by atoms with Crippen molar-refractivity contribution >= 4 is 38.3 Å². The van der Waals surface area contributed by atoms with E-state index in [1.54, 1.807) is 18.2 Å². The van der Waals surface area contributed by atoms with Crippen LogP contribution in [-0.2, 0) is 10.0 Å². The fourth-order valence-electron chi connectivity index (χ4n) is 1.38. The zero-order chi connectivity index (χ0) is 13.2. The van der Waals surface area contributed by atoms with Crippen LogP contribution in [0.3, 0.4) is 0 Å². The molecule has 0 heterocycles. The highest BCUT2D eigenvalue weighted by Crippen LogP contribution is 2.18. The van der Waals surface area contributed by atoms with Crippen LogP contribution in [0.15, 0.2) is 53.4 Å². The van der Waals surface area contributed by atoms with Gasteiger partial charge in [-0.1, -0.05) is 6.07 Å². The summed E-state index contributed by atoms with van der Waals surface area (Å²) in [6.07, 6.45) is 0. The molecule has 94 valence electrons. The molecular weight excluding hydrogens is 368 g/mol. The highest BCUT2D eigenvalue weighted by Gasteiger charge is 2.13. The van der Waals surface area contributed by atoms with Crippen LogP contribution in [0, 0.1) is 9.39 Å². The summed E-state index contributed by atoms with van der Waals surface area (Å²) >= 11 is 2.09. The molecule has 6 heteroatoms. The third kappa shape index (κ3) is 3.20. The highest BCUT2D eigenvalue weighted by atomic mass is 127. The van der Waals surface area contributed by atoms with E-state index in [1.165, 1.54) is 12.1 Å². The molecule has 0 fully saturated rings. The van der Waals surface area contributed by atoms with Gasteiger partial charge in [-0.3, -0.25) is 4.72 Å². The maximum Gasteiger partial charge on any atom is 0.261 e. The Bertz CT molecular complexity index is 656. The molecule has 0 saturated carbocycles. The Hall–Kier alpha value is -1.15. The number of benzene rings is 2. The van der Waals surface area contributed by atoms with Gasteiger partial charge in [0.1, 0.15) is 5.82 Å². The molecule has 0 aliphatic heterocycles. The highest BCUT2D eigenvalue weighted by molar-refractivity contribution is 14.1. The maximum atomic E-state index is 12.7. The fraction of sp³-hybridized carbons (Fsp3) is 0. The van der Waals surface area contributed by atoms with Crippen LogP contribution in [0.25, 0.3) is 0 Å². The predicted octanol–water partition coefficient (Wildman–Crippen LogP) is 3.23. The lowest BCUT2D eigenvalue weighted by atomic mass is 10.3. The van der Waals surface area contributed by atoms with Gasteiger partial charge in [-0.2, -0.15) is 0 Å². The van der Waals surface area contributed by atoms with Gasteiger partial charge in [-0.25, -0.2) is 12.8 Å². The Morgan fingerprint density at radius 3 is 2.33 bits per heavy atom. The van der Waals surface area contributed by atoms with E-state index in [1.807, 2.05) is 6.07 Å². The van der Waals surface area contributed by atoms with Crippen LogP contribution >= 0.6 is 22.6 Å². The van der Waals surface area contributed by atoms with Gasteiger partial charge in [0.2, 0.25) is 0 Å². The molecule has 0 atom stereocenters. The van der Waals surface area contributed by atoms with Gasteiger partial charge >= 0.3 is 0 Å². The predicted molar refractivity (Wildman–Crippen MR) is 76.4 cm³/mol. The standard InChI is InChI=1S/C12H9FINO2S/c13-9-4-6-12(7-5-9)18(16,17)15-11-3-1-2-10(14)8-11/h1-8,15H. The van der Waals surface area contributed by atoms with E-state index in [2.05, 4.69) is 27.3 Å². The lowest BCUT2D eigenvalue weighted by Crippen LogP contribution is -2.12. The van der Waals surface area contributed by atoms with Crippen LogP contribution in [-0.4, -0.2) is 8.42 Å². The molecule has 0 radical (unpaired) electrons. The average Bonchev–Trinajstić information content (AvgIpc) is 2.29. The van der Waals surface area contributed by atoms with E-state index in [-0.39, 0.29) is 4.90 Å². The Labute approximate surface area is 118 Å². The number of hydrogen-bond donors (Lipinski definition) is 1. The molecule has 0 saturated heterocycles. The molecule has 0 bridgehead atoms. The summed E-state index contributed by atoms with van der Waals surface area (Å²) in [5.74, 6) is -0.469. The molecule has 2 aromatic carbocycles. The number of rotatable bonds is 3. The number of anilines is 1. The third-order valence-corrected chi connectivity index (χ3v) is 4.27. The summed E-state index contributed by atoms with van der Waals surface area (Å²) < 4.78 is 40.1. The summed E-state index contributed by atoms with van der Waals surface area (Å²) in [6, 6.07) is 11.7. The van der Waals surface area contributed by atoms with Gasteiger partial charge in [0.05, 0.1) is 4.90 Å². The van der Waals surface area contributed by atoms with Gasteiger partial charge in [-0.05, 0) is 65.1 Å². The van der Waals surface area contributed by atoms with Crippen LogP contribution in [0.5, 0.6) is 0 Å². The Morgan fingerprint density at radius 2 is 1.72 bits per heavy atom. The van der Waals surface area contributed by atoms with Gasteiger partial charge in [-0.15, -0.1) is 0 Å². The third-order valence-electron chi connectivity index (χ3n) is 2.20. The van der Waals surface area contributed by atoms with Gasteiger partial charge < -0.3 is 0 Å². The van der Waals surface area contributed by atoms with Crippen molar-refractivity contribution in [1.82, 2.24) is 0 Å². The van der Waals surface area contributed by atoms with Gasteiger partial charge in [0.25, 0.3) is 10.0 Å². The molecule has 0 unspecified atom stereocenters. The van der Waals surface area contributed by atoms with Crippen molar-refractivity contribution in [3.8, 4) is 0 Å². The Kier molecular flexibility index (Phi) is 3.86. The summed E-state index contributed by atoms with van der Waals surface area (Å²) in [5.41, 5.74) is 0.478. The summed E-state index contributed by atoms with van der Waals surface area (Å²) in [5, 5.41) is 0. The molecule has 1 N–H and O–H groups in total. The average molecular weight is 377 g/mol. The van der Waals surface area contributed by atoms with Gasteiger partial charge in [0, 0.05) is 9.26 Å².